The minimum atomic E-state index is -5.13. The molecule has 0 spiro atoms. The van der Waals surface area contributed by atoms with Crippen LogP contribution in [-0.2, 0) is 22.6 Å². The molecule has 2 aliphatic heterocycles. The molecule has 14 nitrogen and oxygen atoms in total. The number of benzene rings is 5. The SMILES string of the molecule is O=C(O)CCCN(CCc1ccccc1)C1c2ccccc2N(C(=O)c2ccc(OC(F)(F)F)c(-c3coc(CN(CCCC(=O)O)C4c5ccccc5N(C(=O)c5ccc(OC(F)(F)F)cc5)C5CCCC45)n3)c2)C2CCCC12. The molecule has 20 heteroatoms. The average molecular weight is 1110 g/mol. The van der Waals surface area contributed by atoms with E-state index < -0.39 is 54.0 Å². The molecule has 2 N–H and O–H groups in total. The monoisotopic (exact) mass is 1110 g/mol. The van der Waals surface area contributed by atoms with Gasteiger partial charge in [-0.05, 0) is 141 Å². The van der Waals surface area contributed by atoms with Crippen LogP contribution in [0.4, 0.5) is 37.7 Å². The fraction of sp³-hybridized carbons (Fsp3) is 0.383. The summed E-state index contributed by atoms with van der Waals surface area (Å²) in [6, 6.07) is 32.1. The number of anilines is 2. The van der Waals surface area contributed by atoms with Crippen molar-refractivity contribution in [3.05, 3.63) is 161 Å². The summed E-state index contributed by atoms with van der Waals surface area (Å²) in [5.41, 5.74) is 3.97. The minimum absolute atomic E-state index is 0.000426. The summed E-state index contributed by atoms with van der Waals surface area (Å²) in [6.07, 6.45) is -3.46. The van der Waals surface area contributed by atoms with E-state index in [-0.39, 0.29) is 90.6 Å². The number of ether oxygens (including phenoxy) is 2. The molecule has 80 heavy (non-hydrogen) atoms. The fourth-order valence-electron chi connectivity index (χ4n) is 12.8. The second kappa shape index (κ2) is 23.6. The average Bonchev–Trinajstić information content (AvgIpc) is 4.38. The molecule has 2 amide bonds. The van der Waals surface area contributed by atoms with Gasteiger partial charge >= 0.3 is 24.7 Å². The molecule has 0 bridgehead atoms. The van der Waals surface area contributed by atoms with E-state index >= 15 is 4.79 Å². The zero-order valence-corrected chi connectivity index (χ0v) is 43.5. The molecule has 1 aromatic heterocycles. The van der Waals surface area contributed by atoms with Gasteiger partial charge < -0.3 is 33.9 Å². The van der Waals surface area contributed by atoms with Gasteiger partial charge in [0.15, 0.2) is 0 Å². The number of hydrogen-bond donors (Lipinski definition) is 2. The number of carbonyl (C=O) groups is 4. The number of alkyl halides is 6. The van der Waals surface area contributed by atoms with Gasteiger partial charge in [-0.25, -0.2) is 4.98 Å². The first-order valence-corrected chi connectivity index (χ1v) is 26.9. The number of fused-ring (bicyclic) bond motifs is 4. The molecule has 2 fully saturated rings. The van der Waals surface area contributed by atoms with E-state index in [1.54, 1.807) is 21.9 Å². The quantitative estimate of drug-likeness (QED) is 0.0696. The van der Waals surface area contributed by atoms with Crippen LogP contribution in [0.5, 0.6) is 11.5 Å². The smallest absolute Gasteiger partial charge is 0.481 e. The number of oxazole rings is 1. The molecule has 420 valence electrons. The Bertz CT molecular complexity index is 3190. The topological polar surface area (TPSA) is 166 Å². The fourth-order valence-corrected chi connectivity index (χ4v) is 12.8. The number of nitrogens with zero attached hydrogens (tertiary/aromatic N) is 5. The number of aromatic nitrogens is 1. The van der Waals surface area contributed by atoms with Crippen molar-refractivity contribution in [3.63, 3.8) is 0 Å². The lowest BCUT2D eigenvalue weighted by molar-refractivity contribution is -0.275. The van der Waals surface area contributed by atoms with Crippen molar-refractivity contribution in [3.8, 4) is 22.8 Å². The Morgan fingerprint density at radius 1 is 0.613 bits per heavy atom. The molecule has 5 aromatic carbocycles. The first-order chi connectivity index (χ1) is 38.4. The molecular formula is C60H59F6N5O9. The summed E-state index contributed by atoms with van der Waals surface area (Å²) in [4.78, 5) is 65.7. The van der Waals surface area contributed by atoms with E-state index in [9.17, 15) is 50.9 Å². The van der Waals surface area contributed by atoms with Crippen molar-refractivity contribution in [2.45, 2.75) is 114 Å². The first-order valence-electron chi connectivity index (χ1n) is 26.9. The van der Waals surface area contributed by atoms with E-state index in [0.29, 0.717) is 50.1 Å². The molecule has 2 saturated carbocycles. The number of carbonyl (C=O) groups excluding carboxylic acids is 2. The third-order valence-corrected chi connectivity index (χ3v) is 15.9. The lowest BCUT2D eigenvalue weighted by atomic mass is 9.81. The Kier molecular flexibility index (Phi) is 16.4. The second-order valence-electron chi connectivity index (χ2n) is 20.9. The van der Waals surface area contributed by atoms with Gasteiger partial charge in [-0.3, -0.25) is 29.0 Å². The Morgan fingerprint density at radius 3 is 1.71 bits per heavy atom. The molecule has 3 heterocycles. The number of para-hydroxylation sites is 2. The maximum absolute atomic E-state index is 15.2. The van der Waals surface area contributed by atoms with Gasteiger partial charge in [0.25, 0.3) is 11.8 Å². The van der Waals surface area contributed by atoms with Crippen molar-refractivity contribution < 1.29 is 69.6 Å². The number of amides is 2. The maximum Gasteiger partial charge on any atom is 0.573 e. The number of hydrogen-bond acceptors (Lipinski definition) is 10. The third kappa shape index (κ3) is 12.4. The molecular weight excluding hydrogens is 1050 g/mol. The van der Waals surface area contributed by atoms with Gasteiger partial charge in [-0.15, -0.1) is 26.3 Å². The molecule has 0 saturated heterocycles. The largest absolute Gasteiger partial charge is 0.573 e. The number of rotatable bonds is 20. The third-order valence-electron chi connectivity index (χ3n) is 15.9. The van der Waals surface area contributed by atoms with Crippen LogP contribution in [-0.4, -0.2) is 93.2 Å². The highest BCUT2D eigenvalue weighted by Crippen LogP contribution is 2.53. The van der Waals surface area contributed by atoms with E-state index in [2.05, 4.69) is 26.5 Å². The summed E-state index contributed by atoms with van der Waals surface area (Å²) < 4.78 is 96.3. The summed E-state index contributed by atoms with van der Waals surface area (Å²) in [5, 5.41) is 19.3. The lowest BCUT2D eigenvalue weighted by Gasteiger charge is -2.48. The highest BCUT2D eigenvalue weighted by atomic mass is 19.4. The van der Waals surface area contributed by atoms with Crippen LogP contribution in [0.3, 0.4) is 0 Å². The summed E-state index contributed by atoms with van der Waals surface area (Å²) in [5.74, 6) is -4.07. The van der Waals surface area contributed by atoms with Gasteiger partial charge in [-0.1, -0.05) is 79.6 Å². The van der Waals surface area contributed by atoms with E-state index in [1.165, 1.54) is 30.5 Å². The van der Waals surface area contributed by atoms with Crippen molar-refractivity contribution in [1.82, 2.24) is 14.8 Å². The minimum Gasteiger partial charge on any atom is -0.481 e. The van der Waals surface area contributed by atoms with Gasteiger partial charge in [0, 0.05) is 71.6 Å². The summed E-state index contributed by atoms with van der Waals surface area (Å²) >= 11 is 0. The van der Waals surface area contributed by atoms with E-state index in [4.69, 9.17) is 9.40 Å². The van der Waals surface area contributed by atoms with Crippen molar-refractivity contribution >= 4 is 35.1 Å². The molecule has 2 aliphatic carbocycles. The van der Waals surface area contributed by atoms with Gasteiger partial charge in [0.05, 0.1) is 6.54 Å². The van der Waals surface area contributed by atoms with Crippen LogP contribution < -0.4 is 19.3 Å². The van der Waals surface area contributed by atoms with Crippen LogP contribution in [0.2, 0.25) is 0 Å². The van der Waals surface area contributed by atoms with E-state index in [0.717, 1.165) is 60.6 Å². The van der Waals surface area contributed by atoms with Crippen molar-refractivity contribution in [2.75, 3.05) is 29.4 Å². The summed E-state index contributed by atoms with van der Waals surface area (Å²) in [6.45, 7) is 1.33. The van der Waals surface area contributed by atoms with Crippen molar-refractivity contribution in [2.24, 2.45) is 11.8 Å². The van der Waals surface area contributed by atoms with Crippen molar-refractivity contribution in [1.29, 1.82) is 0 Å². The van der Waals surface area contributed by atoms with Crippen LogP contribution in [0.15, 0.2) is 132 Å². The van der Waals surface area contributed by atoms with Gasteiger partial charge in [0.1, 0.15) is 23.5 Å². The highest BCUT2D eigenvalue weighted by molar-refractivity contribution is 6.09. The zero-order chi connectivity index (χ0) is 56.3. The molecule has 0 radical (unpaired) electrons. The van der Waals surface area contributed by atoms with Crippen LogP contribution >= 0.6 is 0 Å². The molecule has 6 unspecified atom stereocenters. The van der Waals surface area contributed by atoms with Gasteiger partial charge in [-0.2, -0.15) is 0 Å². The Balaban J connectivity index is 0.961. The predicted octanol–water partition coefficient (Wildman–Crippen LogP) is 12.7. The van der Waals surface area contributed by atoms with Gasteiger partial charge in [0.2, 0.25) is 5.89 Å². The van der Waals surface area contributed by atoms with Crippen LogP contribution in [0, 0.1) is 11.8 Å². The second-order valence-corrected chi connectivity index (χ2v) is 20.9. The molecule has 4 aliphatic rings. The zero-order valence-electron chi connectivity index (χ0n) is 43.5. The van der Waals surface area contributed by atoms with Crippen LogP contribution in [0.1, 0.15) is 120 Å². The molecule has 10 rings (SSSR count). The normalized spacial score (nSPS) is 20.5. The first kappa shape index (κ1) is 55.6. The molecule has 6 aromatic rings. The predicted molar refractivity (Wildman–Crippen MR) is 282 cm³/mol. The highest BCUT2D eigenvalue weighted by Gasteiger charge is 2.50. The lowest BCUT2D eigenvalue weighted by Crippen LogP contribution is -2.51. The Labute approximate surface area is 457 Å². The Hall–Kier alpha value is -7.71. The molecule has 6 atom stereocenters. The number of aliphatic carboxylic acids is 2. The standard InChI is InChI=1S/C60H59F6N5O9/c61-59(62,63)79-40-27-24-38(25-28-40)57(76)70-48-19-7-5-15-42(48)56(44-17-9-21-50(44)70)69(32-11-23-54(74)75)35-52-67-46(36-78-52)45-34-39(26-29-51(45)80-60(64,65)66)58(77)71-47-18-6-4-14-41(47)55(43-16-8-20-49(43)71)68(31-10-22-53(72)73)33-30-37-12-2-1-3-13-37/h1-7,12-15,18-19,24-29,34,36,43-44,49-50,55-56H,8-11,16-17,20-23,30-33,35H2,(H,72,73)(H,74,75). The van der Waals surface area contributed by atoms with E-state index in [1.807, 2.05) is 59.5 Å². The number of carboxylic acid groups (broad SMARTS) is 2. The maximum atomic E-state index is 15.2. The summed E-state index contributed by atoms with van der Waals surface area (Å²) in [7, 11) is 0. The van der Waals surface area contributed by atoms with Crippen LogP contribution in [0.25, 0.3) is 11.3 Å². The number of carboxylic acids is 2. The Morgan fingerprint density at radius 2 is 1.14 bits per heavy atom. The number of halogens is 6.